The molecular formula is C16H18O3. The first-order valence-corrected chi connectivity index (χ1v) is 6.23. The summed E-state index contributed by atoms with van der Waals surface area (Å²) >= 11 is 0. The monoisotopic (exact) mass is 258 g/mol. The second-order valence-electron chi connectivity index (χ2n) is 4.35. The Labute approximate surface area is 114 Å². The van der Waals surface area contributed by atoms with Crippen molar-refractivity contribution in [1.82, 2.24) is 0 Å². The number of benzene rings is 1. The van der Waals surface area contributed by atoms with Crippen molar-refractivity contribution in [3.63, 3.8) is 0 Å². The van der Waals surface area contributed by atoms with Gasteiger partial charge in [0.05, 0.1) is 6.61 Å². The van der Waals surface area contributed by atoms with Crippen molar-refractivity contribution >= 4 is 11.8 Å². The van der Waals surface area contributed by atoms with Gasteiger partial charge in [0.2, 0.25) is 0 Å². The fourth-order valence-corrected chi connectivity index (χ4v) is 1.71. The smallest absolute Gasteiger partial charge is 0.320 e. The predicted octanol–water partition coefficient (Wildman–Crippen LogP) is 2.85. The summed E-state index contributed by atoms with van der Waals surface area (Å²) in [5.41, 5.74) is -0.753. The molecule has 100 valence electrons. The largest absolute Gasteiger partial charge is 0.465 e. The van der Waals surface area contributed by atoms with Gasteiger partial charge in [0, 0.05) is 12.0 Å². The van der Waals surface area contributed by atoms with Gasteiger partial charge in [-0.05, 0) is 20.8 Å². The van der Waals surface area contributed by atoms with E-state index in [1.165, 1.54) is 0 Å². The van der Waals surface area contributed by atoms with Crippen LogP contribution in [0.25, 0.3) is 0 Å². The number of rotatable bonds is 5. The molecular weight excluding hydrogens is 240 g/mol. The highest BCUT2D eigenvalue weighted by molar-refractivity contribution is 6.12. The highest BCUT2D eigenvalue weighted by Crippen LogP contribution is 2.28. The molecule has 0 spiro atoms. The van der Waals surface area contributed by atoms with Crippen LogP contribution in [-0.2, 0) is 9.53 Å². The number of carbonyl (C=O) groups excluding carboxylic acids is 2. The summed E-state index contributed by atoms with van der Waals surface area (Å²) in [6.07, 6.45) is 0.163. The number of carbonyl (C=O) groups is 2. The van der Waals surface area contributed by atoms with Crippen LogP contribution in [0.4, 0.5) is 0 Å². The summed E-state index contributed by atoms with van der Waals surface area (Å²) in [6.45, 7) is 5.23. The van der Waals surface area contributed by atoms with E-state index in [9.17, 15) is 9.59 Å². The number of esters is 1. The van der Waals surface area contributed by atoms with Crippen LogP contribution in [0.2, 0.25) is 0 Å². The molecule has 3 heteroatoms. The molecule has 1 aromatic rings. The van der Waals surface area contributed by atoms with Gasteiger partial charge in [-0.2, -0.15) is 0 Å². The van der Waals surface area contributed by atoms with Gasteiger partial charge in [-0.1, -0.05) is 30.3 Å². The quantitative estimate of drug-likeness (QED) is 0.353. The van der Waals surface area contributed by atoms with E-state index in [2.05, 4.69) is 11.8 Å². The molecule has 0 saturated carbocycles. The first kappa shape index (κ1) is 15.0. The van der Waals surface area contributed by atoms with Crippen LogP contribution in [0.3, 0.4) is 0 Å². The highest BCUT2D eigenvalue weighted by Gasteiger charge is 2.42. The summed E-state index contributed by atoms with van der Waals surface area (Å²) in [4.78, 5) is 24.6. The number of ketones is 1. The lowest BCUT2D eigenvalue weighted by Crippen LogP contribution is -2.38. The molecule has 0 aliphatic carbocycles. The van der Waals surface area contributed by atoms with Crippen LogP contribution in [0, 0.1) is 17.3 Å². The van der Waals surface area contributed by atoms with Gasteiger partial charge in [-0.3, -0.25) is 9.59 Å². The molecule has 19 heavy (non-hydrogen) atoms. The zero-order valence-corrected chi connectivity index (χ0v) is 11.5. The van der Waals surface area contributed by atoms with Crippen LogP contribution in [0.5, 0.6) is 0 Å². The molecule has 0 fully saturated rings. The second kappa shape index (κ2) is 6.75. The number of hydrogen-bond acceptors (Lipinski definition) is 3. The molecule has 0 radical (unpaired) electrons. The third-order valence-corrected chi connectivity index (χ3v) is 2.88. The van der Waals surface area contributed by atoms with Crippen LogP contribution in [0.15, 0.2) is 30.3 Å². The van der Waals surface area contributed by atoms with Gasteiger partial charge in [-0.25, -0.2) is 0 Å². The SMILES string of the molecule is CC#CCC(C)(C(=O)OCC)C(=O)c1ccccc1. The number of ether oxygens (including phenoxy) is 1. The molecule has 1 rings (SSSR count). The van der Waals surface area contributed by atoms with Crippen molar-refractivity contribution in [1.29, 1.82) is 0 Å². The first-order chi connectivity index (χ1) is 9.06. The minimum atomic E-state index is -1.25. The Balaban J connectivity index is 3.12. The van der Waals surface area contributed by atoms with E-state index in [1.807, 2.05) is 6.07 Å². The molecule has 0 saturated heterocycles. The zero-order chi connectivity index (χ0) is 14.3. The molecule has 0 N–H and O–H groups in total. The van der Waals surface area contributed by atoms with Crippen molar-refractivity contribution in [2.75, 3.05) is 6.61 Å². The summed E-state index contributed by atoms with van der Waals surface area (Å²) in [5.74, 6) is 4.75. The van der Waals surface area contributed by atoms with E-state index in [4.69, 9.17) is 4.74 Å². The molecule has 0 amide bonds. The number of hydrogen-bond donors (Lipinski definition) is 0. The van der Waals surface area contributed by atoms with E-state index < -0.39 is 11.4 Å². The Kier molecular flexibility index (Phi) is 5.32. The molecule has 1 atom stereocenters. The first-order valence-electron chi connectivity index (χ1n) is 6.23. The van der Waals surface area contributed by atoms with Crippen molar-refractivity contribution < 1.29 is 14.3 Å². The third kappa shape index (κ3) is 3.45. The molecule has 1 unspecified atom stereocenters. The maximum atomic E-state index is 12.5. The Morgan fingerprint density at radius 2 is 1.89 bits per heavy atom. The standard InChI is InChI=1S/C16H18O3/c1-4-6-12-16(3,15(18)19-5-2)14(17)13-10-8-7-9-11-13/h7-11H,5,12H2,1-3H3. The lowest BCUT2D eigenvalue weighted by Gasteiger charge is -2.23. The molecule has 0 aromatic heterocycles. The fourth-order valence-electron chi connectivity index (χ4n) is 1.71. The fraction of sp³-hybridized carbons (Fsp3) is 0.375. The maximum absolute atomic E-state index is 12.5. The summed E-state index contributed by atoms with van der Waals surface area (Å²) in [6, 6.07) is 8.75. The van der Waals surface area contributed by atoms with Crippen LogP contribution in [-0.4, -0.2) is 18.4 Å². The molecule has 0 heterocycles. The average Bonchev–Trinajstić information content (AvgIpc) is 2.45. The van der Waals surface area contributed by atoms with Gasteiger partial charge in [0.1, 0.15) is 5.41 Å². The summed E-state index contributed by atoms with van der Waals surface area (Å²) in [7, 11) is 0. The highest BCUT2D eigenvalue weighted by atomic mass is 16.5. The Hall–Kier alpha value is -2.08. The van der Waals surface area contributed by atoms with Crippen molar-refractivity contribution in [3.05, 3.63) is 35.9 Å². The summed E-state index contributed by atoms with van der Waals surface area (Å²) in [5, 5.41) is 0. The topological polar surface area (TPSA) is 43.4 Å². The Morgan fingerprint density at radius 3 is 2.42 bits per heavy atom. The van der Waals surface area contributed by atoms with Crippen LogP contribution >= 0.6 is 0 Å². The summed E-state index contributed by atoms with van der Waals surface area (Å²) < 4.78 is 5.02. The minimum absolute atomic E-state index is 0.163. The lowest BCUT2D eigenvalue weighted by atomic mass is 9.79. The lowest BCUT2D eigenvalue weighted by molar-refractivity contribution is -0.151. The van der Waals surface area contributed by atoms with Gasteiger partial charge in [0.15, 0.2) is 5.78 Å². The molecule has 0 aliphatic rings. The second-order valence-corrected chi connectivity index (χ2v) is 4.35. The predicted molar refractivity (Wildman–Crippen MR) is 73.6 cm³/mol. The van der Waals surface area contributed by atoms with Gasteiger partial charge in [-0.15, -0.1) is 11.8 Å². The van der Waals surface area contributed by atoms with Gasteiger partial charge >= 0.3 is 5.97 Å². The molecule has 3 nitrogen and oxygen atoms in total. The van der Waals surface area contributed by atoms with E-state index in [0.717, 1.165) is 0 Å². The number of Topliss-reactive ketones (excluding diaryl/α,β-unsaturated/α-hetero) is 1. The minimum Gasteiger partial charge on any atom is -0.465 e. The molecule has 1 aromatic carbocycles. The van der Waals surface area contributed by atoms with E-state index in [-0.39, 0.29) is 18.8 Å². The van der Waals surface area contributed by atoms with Crippen LogP contribution < -0.4 is 0 Å². The third-order valence-electron chi connectivity index (χ3n) is 2.88. The molecule has 0 bridgehead atoms. The Bertz CT molecular complexity index is 508. The zero-order valence-electron chi connectivity index (χ0n) is 11.5. The average molecular weight is 258 g/mol. The van der Waals surface area contributed by atoms with E-state index in [0.29, 0.717) is 5.56 Å². The Morgan fingerprint density at radius 1 is 1.26 bits per heavy atom. The van der Waals surface area contributed by atoms with E-state index in [1.54, 1.807) is 45.0 Å². The van der Waals surface area contributed by atoms with Crippen molar-refractivity contribution in [3.8, 4) is 11.8 Å². The van der Waals surface area contributed by atoms with E-state index >= 15 is 0 Å². The molecule has 0 aliphatic heterocycles. The normalized spacial score (nSPS) is 12.8. The van der Waals surface area contributed by atoms with Crippen molar-refractivity contribution in [2.45, 2.75) is 27.2 Å². The van der Waals surface area contributed by atoms with Crippen molar-refractivity contribution in [2.24, 2.45) is 5.41 Å². The van der Waals surface area contributed by atoms with Gasteiger partial charge in [0.25, 0.3) is 0 Å². The van der Waals surface area contributed by atoms with Crippen LogP contribution in [0.1, 0.15) is 37.6 Å². The van der Waals surface area contributed by atoms with Gasteiger partial charge < -0.3 is 4.74 Å². The maximum Gasteiger partial charge on any atom is 0.320 e.